The van der Waals surface area contributed by atoms with Crippen LogP contribution in [0.5, 0.6) is 5.75 Å². The van der Waals surface area contributed by atoms with Gasteiger partial charge in [0, 0.05) is 10.9 Å². The Hall–Kier alpha value is -0.720. The lowest BCUT2D eigenvalue weighted by Gasteiger charge is -2.55. The Morgan fingerprint density at radius 2 is 2.05 bits per heavy atom. The minimum Gasteiger partial charge on any atom is -0.491 e. The molecule has 110 valence electrons. The molecule has 1 heterocycles. The number of alkyl halides is 2. The summed E-state index contributed by atoms with van der Waals surface area (Å²) in [6, 6.07) is 7.40. The quantitative estimate of drug-likeness (QED) is 0.837. The maximum absolute atomic E-state index is 13.3. The molecule has 6 heteroatoms. The van der Waals surface area contributed by atoms with Crippen molar-refractivity contribution in [2.75, 3.05) is 13.2 Å². The van der Waals surface area contributed by atoms with Crippen LogP contribution in [0.3, 0.4) is 0 Å². The zero-order valence-electron chi connectivity index (χ0n) is 10.9. The van der Waals surface area contributed by atoms with Crippen LogP contribution in [-0.2, 0) is 9.47 Å². The van der Waals surface area contributed by atoms with Crippen LogP contribution in [0, 0.1) is 0 Å². The van der Waals surface area contributed by atoms with E-state index in [0.29, 0.717) is 5.75 Å². The second-order valence-corrected chi connectivity index (χ2v) is 6.38. The van der Waals surface area contributed by atoms with Gasteiger partial charge in [-0.05, 0) is 31.2 Å². The predicted molar refractivity (Wildman–Crippen MR) is 72.2 cm³/mol. The highest BCUT2D eigenvalue weighted by atomic mass is 79.9. The molecular weight excluding hydrogens is 334 g/mol. The van der Waals surface area contributed by atoms with Crippen molar-refractivity contribution >= 4 is 15.9 Å². The SMILES string of the molecule is C[C@]12CC(F)(F)[C@H]1OCC(COc1ccc(Br)cc1)O2. The van der Waals surface area contributed by atoms with Gasteiger partial charge in [-0.3, -0.25) is 0 Å². The molecule has 1 saturated heterocycles. The number of halogens is 3. The topological polar surface area (TPSA) is 27.7 Å². The molecular formula is C14H15BrF2O3. The summed E-state index contributed by atoms with van der Waals surface area (Å²) in [5, 5.41) is 0. The molecule has 0 amide bonds. The molecule has 2 aliphatic rings. The summed E-state index contributed by atoms with van der Waals surface area (Å²) in [4.78, 5) is 0. The lowest BCUT2D eigenvalue weighted by molar-refractivity contribution is -0.363. The van der Waals surface area contributed by atoms with E-state index in [0.717, 1.165) is 4.47 Å². The Labute approximate surface area is 124 Å². The van der Waals surface area contributed by atoms with Gasteiger partial charge >= 0.3 is 0 Å². The highest BCUT2D eigenvalue weighted by Gasteiger charge is 2.68. The summed E-state index contributed by atoms with van der Waals surface area (Å²) in [6.07, 6.45) is -1.74. The van der Waals surface area contributed by atoms with Gasteiger partial charge in [0.25, 0.3) is 5.92 Å². The van der Waals surface area contributed by atoms with E-state index in [9.17, 15) is 8.78 Å². The molecule has 0 spiro atoms. The molecule has 2 fully saturated rings. The normalized spacial score (nSPS) is 35.0. The van der Waals surface area contributed by atoms with Crippen molar-refractivity contribution in [3.05, 3.63) is 28.7 Å². The molecule has 1 aliphatic carbocycles. The van der Waals surface area contributed by atoms with Gasteiger partial charge in [0.2, 0.25) is 0 Å². The van der Waals surface area contributed by atoms with Crippen LogP contribution in [0.2, 0.25) is 0 Å². The Balaban J connectivity index is 1.54. The molecule has 1 saturated carbocycles. The lowest BCUT2D eigenvalue weighted by Crippen LogP contribution is -2.71. The number of rotatable bonds is 3. The summed E-state index contributed by atoms with van der Waals surface area (Å²) in [5.41, 5.74) is -0.893. The van der Waals surface area contributed by atoms with Crippen LogP contribution in [-0.4, -0.2) is 36.9 Å². The van der Waals surface area contributed by atoms with Gasteiger partial charge < -0.3 is 14.2 Å². The largest absolute Gasteiger partial charge is 0.491 e. The molecule has 0 radical (unpaired) electrons. The smallest absolute Gasteiger partial charge is 0.279 e. The predicted octanol–water partition coefficient (Wildman–Crippen LogP) is 3.41. The van der Waals surface area contributed by atoms with Gasteiger partial charge in [-0.25, -0.2) is 8.78 Å². The summed E-state index contributed by atoms with van der Waals surface area (Å²) in [7, 11) is 0. The summed E-state index contributed by atoms with van der Waals surface area (Å²) < 4.78 is 44.1. The van der Waals surface area contributed by atoms with Crippen LogP contribution in [0.25, 0.3) is 0 Å². The van der Waals surface area contributed by atoms with Crippen LogP contribution in [0.1, 0.15) is 13.3 Å². The second-order valence-electron chi connectivity index (χ2n) is 5.47. The Morgan fingerprint density at radius 3 is 2.65 bits per heavy atom. The van der Waals surface area contributed by atoms with E-state index in [1.54, 1.807) is 6.92 Å². The van der Waals surface area contributed by atoms with E-state index < -0.39 is 17.6 Å². The number of ether oxygens (including phenoxy) is 3. The first-order valence-electron chi connectivity index (χ1n) is 6.45. The third-order valence-electron chi connectivity index (χ3n) is 3.66. The van der Waals surface area contributed by atoms with E-state index in [-0.39, 0.29) is 25.7 Å². The monoisotopic (exact) mass is 348 g/mol. The van der Waals surface area contributed by atoms with E-state index >= 15 is 0 Å². The fourth-order valence-electron chi connectivity index (χ4n) is 2.79. The molecule has 1 aliphatic heterocycles. The van der Waals surface area contributed by atoms with E-state index in [4.69, 9.17) is 14.2 Å². The van der Waals surface area contributed by atoms with Crippen molar-refractivity contribution in [1.29, 1.82) is 0 Å². The van der Waals surface area contributed by atoms with E-state index in [2.05, 4.69) is 15.9 Å². The Bertz CT molecular complexity index is 494. The van der Waals surface area contributed by atoms with Gasteiger partial charge in [0.15, 0.2) is 0 Å². The Kier molecular flexibility index (Phi) is 3.51. The third kappa shape index (κ3) is 2.56. The van der Waals surface area contributed by atoms with Crippen molar-refractivity contribution in [3.63, 3.8) is 0 Å². The minimum atomic E-state index is -2.77. The average Bonchev–Trinajstić information content (AvgIpc) is 2.36. The summed E-state index contributed by atoms with van der Waals surface area (Å²) >= 11 is 3.34. The first-order valence-corrected chi connectivity index (χ1v) is 7.24. The molecule has 20 heavy (non-hydrogen) atoms. The molecule has 3 nitrogen and oxygen atoms in total. The zero-order chi connectivity index (χ0) is 14.4. The van der Waals surface area contributed by atoms with Crippen molar-refractivity contribution in [1.82, 2.24) is 0 Å². The Morgan fingerprint density at radius 1 is 1.35 bits per heavy atom. The molecule has 0 bridgehead atoms. The second kappa shape index (κ2) is 4.93. The number of hydrogen-bond donors (Lipinski definition) is 0. The minimum absolute atomic E-state index is 0.131. The number of hydrogen-bond acceptors (Lipinski definition) is 3. The van der Waals surface area contributed by atoms with E-state index in [1.165, 1.54) is 0 Å². The fraction of sp³-hybridized carbons (Fsp3) is 0.571. The molecule has 0 aromatic heterocycles. The average molecular weight is 349 g/mol. The summed E-state index contributed by atoms with van der Waals surface area (Å²) in [6.45, 7) is 2.09. The highest BCUT2D eigenvalue weighted by Crippen LogP contribution is 2.52. The molecule has 1 aromatic rings. The molecule has 0 N–H and O–H groups in total. The highest BCUT2D eigenvalue weighted by molar-refractivity contribution is 9.10. The first kappa shape index (κ1) is 14.2. The molecule has 1 aromatic carbocycles. The number of fused-ring (bicyclic) bond motifs is 1. The maximum Gasteiger partial charge on any atom is 0.279 e. The first-order chi connectivity index (χ1) is 9.39. The standard InChI is InChI=1S/C14H15BrF2O3/c1-13-8-14(16,17)12(13)19-7-11(20-13)6-18-10-4-2-9(15)3-5-10/h2-5,11-12H,6-8H2,1H3/t11?,12-,13-/m0/s1. The van der Waals surface area contributed by atoms with Crippen molar-refractivity contribution in [3.8, 4) is 5.75 Å². The van der Waals surface area contributed by atoms with Gasteiger partial charge in [-0.1, -0.05) is 15.9 Å². The van der Waals surface area contributed by atoms with Crippen molar-refractivity contribution in [2.45, 2.75) is 37.1 Å². The summed E-state index contributed by atoms with van der Waals surface area (Å²) in [5.74, 6) is -2.06. The lowest BCUT2D eigenvalue weighted by atomic mass is 9.73. The van der Waals surface area contributed by atoms with Crippen molar-refractivity contribution in [2.24, 2.45) is 0 Å². The van der Waals surface area contributed by atoms with Gasteiger partial charge in [0.05, 0.1) is 6.61 Å². The fourth-order valence-corrected chi connectivity index (χ4v) is 3.06. The third-order valence-corrected chi connectivity index (χ3v) is 4.19. The van der Waals surface area contributed by atoms with Crippen LogP contribution >= 0.6 is 15.9 Å². The van der Waals surface area contributed by atoms with Crippen LogP contribution in [0.4, 0.5) is 8.78 Å². The zero-order valence-corrected chi connectivity index (χ0v) is 12.5. The molecule has 3 rings (SSSR count). The maximum atomic E-state index is 13.3. The van der Waals surface area contributed by atoms with Crippen molar-refractivity contribution < 1.29 is 23.0 Å². The van der Waals surface area contributed by atoms with Gasteiger partial charge in [0.1, 0.15) is 30.2 Å². The number of benzene rings is 1. The van der Waals surface area contributed by atoms with Gasteiger partial charge in [-0.15, -0.1) is 0 Å². The van der Waals surface area contributed by atoms with Crippen LogP contribution < -0.4 is 4.74 Å². The molecule has 3 atom stereocenters. The van der Waals surface area contributed by atoms with Crippen LogP contribution in [0.15, 0.2) is 28.7 Å². The van der Waals surface area contributed by atoms with Gasteiger partial charge in [-0.2, -0.15) is 0 Å². The molecule has 1 unspecified atom stereocenters. The van der Waals surface area contributed by atoms with E-state index in [1.807, 2.05) is 24.3 Å².